The van der Waals surface area contributed by atoms with Crippen LogP contribution in [0, 0.1) is 5.82 Å². The van der Waals surface area contributed by atoms with Crippen LogP contribution in [-0.4, -0.2) is 18.1 Å². The summed E-state index contributed by atoms with van der Waals surface area (Å²) >= 11 is 1.88. The Balaban J connectivity index is 2.62. The summed E-state index contributed by atoms with van der Waals surface area (Å²) in [6.07, 6.45) is 6.82. The van der Waals surface area contributed by atoms with Gasteiger partial charge in [-0.3, -0.25) is 0 Å². The maximum Gasteiger partial charge on any atom is 0.123 e. The fraction of sp³-hybridized carbons (Fsp3) is 0.625. The van der Waals surface area contributed by atoms with E-state index in [9.17, 15) is 4.39 Å². The zero-order valence-corrected chi connectivity index (χ0v) is 13.1. The first-order valence-corrected chi connectivity index (χ1v) is 8.57. The summed E-state index contributed by atoms with van der Waals surface area (Å²) in [7, 11) is 0. The number of unbranched alkanes of at least 4 members (excludes halogenated alkanes) is 1. The van der Waals surface area contributed by atoms with Crippen molar-refractivity contribution in [2.45, 2.75) is 51.6 Å². The summed E-state index contributed by atoms with van der Waals surface area (Å²) in [5, 5.41) is 3.69. The Morgan fingerprint density at radius 1 is 1.21 bits per heavy atom. The number of nitrogens with one attached hydrogen (secondary N) is 1. The van der Waals surface area contributed by atoms with Gasteiger partial charge in [-0.2, -0.15) is 11.8 Å². The second kappa shape index (κ2) is 9.38. The Morgan fingerprint density at radius 3 is 2.47 bits per heavy atom. The van der Waals surface area contributed by atoms with Gasteiger partial charge in [-0.05, 0) is 49.5 Å². The molecule has 1 nitrogen and oxygen atoms in total. The molecule has 0 aliphatic rings. The fourth-order valence-corrected chi connectivity index (χ4v) is 2.76. The number of halogens is 1. The van der Waals surface area contributed by atoms with Gasteiger partial charge in [-0.25, -0.2) is 4.39 Å². The Bertz CT molecular complexity index is 339. The molecule has 0 aliphatic carbocycles. The van der Waals surface area contributed by atoms with Gasteiger partial charge in [0.2, 0.25) is 0 Å². The Labute approximate surface area is 121 Å². The highest BCUT2D eigenvalue weighted by molar-refractivity contribution is 7.98. The zero-order chi connectivity index (χ0) is 14.1. The number of thioether (sulfide) groups is 1. The Kier molecular flexibility index (Phi) is 8.15. The van der Waals surface area contributed by atoms with Crippen LogP contribution in [0.15, 0.2) is 24.3 Å². The number of hydrogen-bond donors (Lipinski definition) is 1. The van der Waals surface area contributed by atoms with Crippen LogP contribution in [0.1, 0.15) is 51.1 Å². The van der Waals surface area contributed by atoms with Gasteiger partial charge in [0.15, 0.2) is 0 Å². The van der Waals surface area contributed by atoms with Gasteiger partial charge in [-0.15, -0.1) is 0 Å². The van der Waals surface area contributed by atoms with Gasteiger partial charge in [0.05, 0.1) is 0 Å². The third-order valence-corrected chi connectivity index (χ3v) is 4.00. The van der Waals surface area contributed by atoms with E-state index >= 15 is 0 Å². The monoisotopic (exact) mass is 283 g/mol. The van der Waals surface area contributed by atoms with Crippen LogP contribution in [0.5, 0.6) is 0 Å². The van der Waals surface area contributed by atoms with Crippen molar-refractivity contribution >= 4 is 11.8 Å². The molecule has 2 atom stereocenters. The van der Waals surface area contributed by atoms with Crippen LogP contribution >= 0.6 is 11.8 Å². The lowest BCUT2D eigenvalue weighted by molar-refractivity contribution is 0.417. The average Bonchev–Trinajstić information content (AvgIpc) is 2.42. The van der Waals surface area contributed by atoms with Crippen molar-refractivity contribution in [1.29, 1.82) is 0 Å². The quantitative estimate of drug-likeness (QED) is 0.699. The molecule has 0 fully saturated rings. The molecule has 0 spiro atoms. The van der Waals surface area contributed by atoms with E-state index in [0.717, 1.165) is 6.42 Å². The average molecular weight is 283 g/mol. The summed E-state index contributed by atoms with van der Waals surface area (Å²) < 4.78 is 13.0. The van der Waals surface area contributed by atoms with Crippen molar-refractivity contribution in [3.8, 4) is 0 Å². The minimum Gasteiger partial charge on any atom is -0.307 e. The van der Waals surface area contributed by atoms with E-state index in [4.69, 9.17) is 0 Å². The van der Waals surface area contributed by atoms with Crippen molar-refractivity contribution in [1.82, 2.24) is 5.32 Å². The van der Waals surface area contributed by atoms with Crippen molar-refractivity contribution in [3.05, 3.63) is 35.6 Å². The minimum absolute atomic E-state index is 0.159. The molecule has 1 N–H and O–H groups in total. The topological polar surface area (TPSA) is 12.0 Å². The van der Waals surface area contributed by atoms with Crippen molar-refractivity contribution in [3.63, 3.8) is 0 Å². The lowest BCUT2D eigenvalue weighted by Gasteiger charge is -2.24. The summed E-state index contributed by atoms with van der Waals surface area (Å²) in [6, 6.07) is 7.77. The van der Waals surface area contributed by atoms with Gasteiger partial charge in [0.25, 0.3) is 0 Å². The largest absolute Gasteiger partial charge is 0.307 e. The molecular formula is C16H26FNS. The minimum atomic E-state index is -0.159. The molecular weight excluding hydrogens is 257 g/mol. The SMILES string of the molecule is CCCCC(NC(C)CCSC)c1ccc(F)cc1. The first-order valence-electron chi connectivity index (χ1n) is 7.17. The molecule has 0 amide bonds. The van der Waals surface area contributed by atoms with Crippen molar-refractivity contribution in [2.75, 3.05) is 12.0 Å². The van der Waals surface area contributed by atoms with Crippen LogP contribution in [0.3, 0.4) is 0 Å². The van der Waals surface area contributed by atoms with Crippen molar-refractivity contribution < 1.29 is 4.39 Å². The molecule has 0 radical (unpaired) electrons. The van der Waals surface area contributed by atoms with Crippen molar-refractivity contribution in [2.24, 2.45) is 0 Å². The first kappa shape index (κ1) is 16.5. The molecule has 2 unspecified atom stereocenters. The molecule has 108 valence electrons. The molecule has 1 aromatic carbocycles. The van der Waals surface area contributed by atoms with Gasteiger partial charge in [-0.1, -0.05) is 31.9 Å². The number of hydrogen-bond acceptors (Lipinski definition) is 2. The number of benzene rings is 1. The highest BCUT2D eigenvalue weighted by Gasteiger charge is 2.13. The third kappa shape index (κ3) is 6.44. The predicted octanol–water partition coefficient (Wildman–Crippen LogP) is 4.79. The molecule has 0 bridgehead atoms. The lowest BCUT2D eigenvalue weighted by Crippen LogP contribution is -2.31. The molecule has 0 aromatic heterocycles. The van der Waals surface area contributed by atoms with Gasteiger partial charge < -0.3 is 5.32 Å². The third-order valence-electron chi connectivity index (χ3n) is 3.36. The van der Waals surface area contributed by atoms with Crippen LogP contribution in [-0.2, 0) is 0 Å². The highest BCUT2D eigenvalue weighted by atomic mass is 32.2. The van der Waals surface area contributed by atoms with E-state index in [-0.39, 0.29) is 5.82 Å². The lowest BCUT2D eigenvalue weighted by atomic mass is 10.00. The van der Waals surface area contributed by atoms with E-state index in [1.54, 1.807) is 12.1 Å². The second-order valence-corrected chi connectivity index (χ2v) is 6.08. The predicted molar refractivity (Wildman–Crippen MR) is 84.3 cm³/mol. The molecule has 0 saturated carbocycles. The smallest absolute Gasteiger partial charge is 0.123 e. The summed E-state index contributed by atoms with van der Waals surface area (Å²) in [5.74, 6) is 1.02. The molecule has 1 aromatic rings. The maximum atomic E-state index is 13.0. The molecule has 19 heavy (non-hydrogen) atoms. The number of rotatable bonds is 9. The van der Waals surface area contributed by atoms with Crippen LogP contribution in [0.4, 0.5) is 4.39 Å². The molecule has 1 rings (SSSR count). The molecule has 0 heterocycles. The van der Waals surface area contributed by atoms with Crippen LogP contribution < -0.4 is 5.32 Å². The van der Waals surface area contributed by atoms with E-state index in [0.29, 0.717) is 12.1 Å². The molecule has 0 saturated heterocycles. The summed E-state index contributed by atoms with van der Waals surface area (Å²) in [4.78, 5) is 0. The van der Waals surface area contributed by atoms with Crippen LogP contribution in [0.25, 0.3) is 0 Å². The van der Waals surface area contributed by atoms with E-state index in [1.165, 1.54) is 30.6 Å². The summed E-state index contributed by atoms with van der Waals surface area (Å²) in [6.45, 7) is 4.44. The van der Waals surface area contributed by atoms with E-state index < -0.39 is 0 Å². The normalized spacial score (nSPS) is 14.3. The Morgan fingerprint density at radius 2 is 1.89 bits per heavy atom. The van der Waals surface area contributed by atoms with Gasteiger partial charge in [0.1, 0.15) is 5.82 Å². The fourth-order valence-electron chi connectivity index (χ4n) is 2.17. The second-order valence-electron chi connectivity index (χ2n) is 5.10. The van der Waals surface area contributed by atoms with E-state index in [2.05, 4.69) is 25.4 Å². The zero-order valence-electron chi connectivity index (χ0n) is 12.3. The molecule has 3 heteroatoms. The van der Waals surface area contributed by atoms with E-state index in [1.807, 2.05) is 23.9 Å². The highest BCUT2D eigenvalue weighted by Crippen LogP contribution is 2.21. The van der Waals surface area contributed by atoms with Gasteiger partial charge >= 0.3 is 0 Å². The molecule has 0 aliphatic heterocycles. The standard InChI is InChI=1S/C16H26FNS/c1-4-5-6-16(18-13(2)11-12-19-3)14-7-9-15(17)10-8-14/h7-10,13,16,18H,4-6,11-12H2,1-3H3. The summed E-state index contributed by atoms with van der Waals surface area (Å²) in [5.41, 5.74) is 1.20. The first-order chi connectivity index (χ1) is 9.17. The van der Waals surface area contributed by atoms with Gasteiger partial charge in [0, 0.05) is 12.1 Å². The van der Waals surface area contributed by atoms with Crippen LogP contribution in [0.2, 0.25) is 0 Å². The Hall–Kier alpha value is -0.540. The maximum absolute atomic E-state index is 13.0.